The molecule has 2 aromatic carbocycles. The van der Waals surface area contributed by atoms with Gasteiger partial charge in [-0.3, -0.25) is 4.79 Å². The molecule has 3 rings (SSSR count). The molecular formula is C18H13N2NaO6. The van der Waals surface area contributed by atoms with Crippen molar-refractivity contribution in [1.29, 1.82) is 0 Å². The Morgan fingerprint density at radius 3 is 2.37 bits per heavy atom. The van der Waals surface area contributed by atoms with Crippen molar-refractivity contribution in [2.75, 3.05) is 0 Å². The predicted octanol–water partition coefficient (Wildman–Crippen LogP) is -2.35. The first-order valence-corrected chi connectivity index (χ1v) is 7.50. The Kier molecular flexibility index (Phi) is 6.27. The summed E-state index contributed by atoms with van der Waals surface area (Å²) in [6.45, 7) is 0.0669. The number of aromatic nitrogens is 1. The van der Waals surface area contributed by atoms with Crippen molar-refractivity contribution in [3.8, 4) is 17.2 Å². The van der Waals surface area contributed by atoms with E-state index in [2.05, 4.69) is 10.3 Å². The molecule has 0 fully saturated rings. The minimum atomic E-state index is -1.55. The number of nitrogens with zero attached hydrogens (tertiary/aromatic N) is 1. The third kappa shape index (κ3) is 4.30. The van der Waals surface area contributed by atoms with Crippen LogP contribution in [0.1, 0.15) is 26.4 Å². The van der Waals surface area contributed by atoms with Gasteiger partial charge in [-0.25, -0.2) is 4.98 Å². The van der Waals surface area contributed by atoms with Crippen molar-refractivity contribution >= 4 is 22.8 Å². The van der Waals surface area contributed by atoms with E-state index < -0.39 is 23.2 Å². The first-order chi connectivity index (χ1) is 12.4. The van der Waals surface area contributed by atoms with Crippen LogP contribution in [0.15, 0.2) is 42.5 Å². The summed E-state index contributed by atoms with van der Waals surface area (Å²) in [4.78, 5) is 27.2. The quantitative estimate of drug-likeness (QED) is 0.295. The summed E-state index contributed by atoms with van der Waals surface area (Å²) in [6.07, 6.45) is 0. The van der Waals surface area contributed by atoms with Gasteiger partial charge in [0.25, 0.3) is 5.91 Å². The summed E-state index contributed by atoms with van der Waals surface area (Å²) < 4.78 is 0. The number of phenols is 3. The van der Waals surface area contributed by atoms with Gasteiger partial charge < -0.3 is 30.5 Å². The second-order valence-electron chi connectivity index (χ2n) is 5.52. The third-order valence-corrected chi connectivity index (χ3v) is 3.78. The van der Waals surface area contributed by atoms with Crippen LogP contribution in [0.2, 0.25) is 0 Å². The molecule has 132 valence electrons. The molecule has 0 aliphatic rings. The fourth-order valence-corrected chi connectivity index (χ4v) is 2.42. The summed E-state index contributed by atoms with van der Waals surface area (Å²) in [6, 6.07) is 9.75. The smallest absolute Gasteiger partial charge is 0.545 e. The standard InChI is InChI=1S/C18H14N2O6.Na/c21-13-6-1-9(7-14(13)22)8-19-17(24)12-5-3-10-2-4-11(18(25)26)16(23)15(10)20-12;/h1-7,21-23H,8H2,(H,19,24)(H,25,26);/q;+1/p-1. The van der Waals surface area contributed by atoms with E-state index in [4.69, 9.17) is 0 Å². The maximum atomic E-state index is 12.2. The Labute approximate surface area is 175 Å². The number of carboxylic acids is 1. The predicted molar refractivity (Wildman–Crippen MR) is 88.7 cm³/mol. The van der Waals surface area contributed by atoms with Crippen molar-refractivity contribution in [1.82, 2.24) is 10.3 Å². The summed E-state index contributed by atoms with van der Waals surface area (Å²) in [5.41, 5.74) is 0.0894. The van der Waals surface area contributed by atoms with Gasteiger partial charge in [0.15, 0.2) is 17.2 Å². The van der Waals surface area contributed by atoms with Crippen LogP contribution in [0.3, 0.4) is 0 Å². The first kappa shape index (κ1) is 20.5. The molecule has 0 radical (unpaired) electrons. The number of rotatable bonds is 4. The molecule has 8 nitrogen and oxygen atoms in total. The maximum Gasteiger partial charge on any atom is 1.00 e. The van der Waals surface area contributed by atoms with Crippen molar-refractivity contribution in [2.45, 2.75) is 6.54 Å². The minimum Gasteiger partial charge on any atom is -0.545 e. The van der Waals surface area contributed by atoms with Gasteiger partial charge in [0.2, 0.25) is 0 Å². The van der Waals surface area contributed by atoms with Gasteiger partial charge in [-0.15, -0.1) is 0 Å². The second kappa shape index (κ2) is 8.26. The van der Waals surface area contributed by atoms with Crippen molar-refractivity contribution in [2.24, 2.45) is 0 Å². The minimum absolute atomic E-state index is 0. The fourth-order valence-electron chi connectivity index (χ4n) is 2.42. The van der Waals surface area contributed by atoms with E-state index in [1.54, 1.807) is 0 Å². The molecule has 1 heterocycles. The normalized spacial score (nSPS) is 10.2. The van der Waals surface area contributed by atoms with Crippen molar-refractivity contribution in [3.05, 3.63) is 59.3 Å². The molecule has 0 saturated carbocycles. The monoisotopic (exact) mass is 376 g/mol. The summed E-state index contributed by atoms with van der Waals surface area (Å²) in [5, 5.41) is 42.8. The van der Waals surface area contributed by atoms with E-state index in [1.807, 2.05) is 0 Å². The number of amides is 1. The van der Waals surface area contributed by atoms with Crippen LogP contribution < -0.4 is 40.0 Å². The summed E-state index contributed by atoms with van der Waals surface area (Å²) in [5.74, 6) is -3.25. The van der Waals surface area contributed by atoms with Gasteiger partial charge in [0.1, 0.15) is 11.2 Å². The van der Waals surface area contributed by atoms with E-state index in [0.717, 1.165) is 0 Å². The molecule has 0 atom stereocenters. The zero-order chi connectivity index (χ0) is 18.8. The molecule has 0 bridgehead atoms. The molecule has 0 saturated heterocycles. The van der Waals surface area contributed by atoms with Crippen LogP contribution in [0.5, 0.6) is 17.2 Å². The number of carbonyl (C=O) groups excluding carboxylic acids is 2. The van der Waals surface area contributed by atoms with Crippen LogP contribution in [-0.4, -0.2) is 32.2 Å². The molecule has 1 amide bonds. The van der Waals surface area contributed by atoms with Crippen LogP contribution in [0.4, 0.5) is 0 Å². The number of benzene rings is 2. The molecule has 1 aromatic heterocycles. The number of nitrogens with one attached hydrogen (secondary N) is 1. The van der Waals surface area contributed by atoms with E-state index in [-0.39, 0.29) is 58.8 Å². The van der Waals surface area contributed by atoms with Gasteiger partial charge in [-0.1, -0.05) is 18.2 Å². The van der Waals surface area contributed by atoms with Crippen LogP contribution in [0.25, 0.3) is 10.9 Å². The SMILES string of the molecule is O=C(NCc1ccc(O)c(O)c1)c1ccc2ccc(C(=O)[O-])c(O)c2n1.[Na+]. The van der Waals surface area contributed by atoms with Crippen LogP contribution in [-0.2, 0) is 6.54 Å². The third-order valence-electron chi connectivity index (χ3n) is 3.78. The topological polar surface area (TPSA) is 143 Å². The molecule has 3 aromatic rings. The Hall–Kier alpha value is -2.81. The maximum absolute atomic E-state index is 12.2. The first-order valence-electron chi connectivity index (χ1n) is 7.50. The zero-order valence-electron chi connectivity index (χ0n) is 14.3. The number of hydrogen-bond donors (Lipinski definition) is 4. The molecule has 27 heavy (non-hydrogen) atoms. The van der Waals surface area contributed by atoms with E-state index in [1.165, 1.54) is 42.5 Å². The Morgan fingerprint density at radius 1 is 1.00 bits per heavy atom. The molecule has 0 spiro atoms. The number of aromatic hydroxyl groups is 3. The number of carboxylic acid groups (broad SMARTS) is 1. The van der Waals surface area contributed by atoms with E-state index in [0.29, 0.717) is 10.9 Å². The van der Waals surface area contributed by atoms with E-state index >= 15 is 0 Å². The summed E-state index contributed by atoms with van der Waals surface area (Å²) in [7, 11) is 0. The zero-order valence-corrected chi connectivity index (χ0v) is 16.3. The Morgan fingerprint density at radius 2 is 1.70 bits per heavy atom. The second-order valence-corrected chi connectivity index (χ2v) is 5.52. The number of carbonyl (C=O) groups is 2. The fraction of sp³-hybridized carbons (Fsp3) is 0.0556. The van der Waals surface area contributed by atoms with Crippen LogP contribution >= 0.6 is 0 Å². The number of aromatic carboxylic acids is 1. The van der Waals surface area contributed by atoms with Crippen molar-refractivity contribution < 1.29 is 59.6 Å². The van der Waals surface area contributed by atoms with Gasteiger partial charge in [0.05, 0.1) is 5.97 Å². The Balaban J connectivity index is 0.00000261. The molecule has 0 aliphatic heterocycles. The molecule has 9 heteroatoms. The average molecular weight is 376 g/mol. The average Bonchev–Trinajstić information content (AvgIpc) is 2.62. The molecule has 0 aliphatic carbocycles. The number of hydrogen-bond acceptors (Lipinski definition) is 7. The van der Waals surface area contributed by atoms with Gasteiger partial charge in [0, 0.05) is 17.5 Å². The number of pyridine rings is 1. The molecule has 4 N–H and O–H groups in total. The number of fused-ring (bicyclic) bond motifs is 1. The van der Waals surface area contributed by atoms with Crippen LogP contribution in [0, 0.1) is 0 Å². The largest absolute Gasteiger partial charge is 1.00 e. The Bertz CT molecular complexity index is 1040. The van der Waals surface area contributed by atoms with Gasteiger partial charge >= 0.3 is 29.6 Å². The van der Waals surface area contributed by atoms with Crippen molar-refractivity contribution in [3.63, 3.8) is 0 Å². The van der Waals surface area contributed by atoms with E-state index in [9.17, 15) is 30.0 Å². The molecule has 0 unspecified atom stereocenters. The number of phenolic OH excluding ortho intramolecular Hbond substituents is 2. The summed E-state index contributed by atoms with van der Waals surface area (Å²) >= 11 is 0. The van der Waals surface area contributed by atoms with Gasteiger partial charge in [-0.05, 0) is 29.8 Å². The van der Waals surface area contributed by atoms with Gasteiger partial charge in [-0.2, -0.15) is 0 Å². The molecular weight excluding hydrogens is 363 g/mol.